The van der Waals surface area contributed by atoms with E-state index in [4.69, 9.17) is 0 Å². The van der Waals surface area contributed by atoms with Gasteiger partial charge < -0.3 is 10.2 Å². The molecule has 0 bridgehead atoms. The summed E-state index contributed by atoms with van der Waals surface area (Å²) in [6, 6.07) is 8.45. The summed E-state index contributed by atoms with van der Waals surface area (Å²) in [4.78, 5) is 16.6. The van der Waals surface area contributed by atoms with Gasteiger partial charge in [-0.2, -0.15) is 0 Å². The Morgan fingerprint density at radius 1 is 1.24 bits per heavy atom. The average molecular weight is 289 g/mol. The van der Waals surface area contributed by atoms with E-state index in [0.717, 1.165) is 37.4 Å². The standard InChI is InChI=1S/C17H27N3O/c1-4-10-19(11-5-2)15-12-20(13-15)17(21)18-16-9-7-6-8-14(16)3/h6-9,15H,4-5,10-13H2,1-3H3,(H,18,21). The van der Waals surface area contributed by atoms with Crippen LogP contribution >= 0.6 is 0 Å². The van der Waals surface area contributed by atoms with Crippen LogP contribution in [0.2, 0.25) is 0 Å². The van der Waals surface area contributed by atoms with Crippen LogP contribution in [0.15, 0.2) is 24.3 Å². The van der Waals surface area contributed by atoms with E-state index >= 15 is 0 Å². The largest absolute Gasteiger partial charge is 0.321 e. The number of likely N-dealkylation sites (tertiary alicyclic amines) is 1. The molecule has 1 fully saturated rings. The molecule has 1 saturated heterocycles. The van der Waals surface area contributed by atoms with E-state index in [1.54, 1.807) is 0 Å². The minimum Gasteiger partial charge on any atom is -0.321 e. The molecule has 1 aromatic carbocycles. The molecule has 1 aliphatic rings. The lowest BCUT2D eigenvalue weighted by molar-refractivity contribution is 0.0614. The van der Waals surface area contributed by atoms with Crippen molar-refractivity contribution < 1.29 is 4.79 Å². The van der Waals surface area contributed by atoms with Crippen LogP contribution in [0.1, 0.15) is 32.3 Å². The summed E-state index contributed by atoms with van der Waals surface area (Å²) in [5.41, 5.74) is 2.01. The van der Waals surface area contributed by atoms with Gasteiger partial charge in [0.1, 0.15) is 0 Å². The Balaban J connectivity index is 1.83. The summed E-state index contributed by atoms with van der Waals surface area (Å²) in [5, 5.41) is 3.00. The van der Waals surface area contributed by atoms with Crippen LogP contribution in [-0.2, 0) is 0 Å². The van der Waals surface area contributed by atoms with Gasteiger partial charge in [0.2, 0.25) is 0 Å². The highest BCUT2D eigenvalue weighted by atomic mass is 16.2. The first-order valence-corrected chi connectivity index (χ1v) is 8.01. The van der Waals surface area contributed by atoms with Crippen molar-refractivity contribution in [2.75, 3.05) is 31.5 Å². The molecule has 4 nitrogen and oxygen atoms in total. The molecule has 4 heteroatoms. The highest BCUT2D eigenvalue weighted by Gasteiger charge is 2.34. The summed E-state index contributed by atoms with van der Waals surface area (Å²) in [6.45, 7) is 10.4. The lowest BCUT2D eigenvalue weighted by atomic mass is 10.1. The van der Waals surface area contributed by atoms with E-state index in [1.807, 2.05) is 36.1 Å². The number of hydrogen-bond acceptors (Lipinski definition) is 2. The predicted molar refractivity (Wildman–Crippen MR) is 87.7 cm³/mol. The van der Waals surface area contributed by atoms with Gasteiger partial charge >= 0.3 is 6.03 Å². The predicted octanol–water partition coefficient (Wildman–Crippen LogP) is 3.33. The SMILES string of the molecule is CCCN(CCC)C1CN(C(=O)Nc2ccccc2C)C1. The number of urea groups is 1. The van der Waals surface area contributed by atoms with E-state index in [9.17, 15) is 4.79 Å². The Kier molecular flexibility index (Phi) is 5.62. The number of benzene rings is 1. The summed E-state index contributed by atoms with van der Waals surface area (Å²) in [7, 11) is 0. The number of anilines is 1. The Bertz CT molecular complexity index is 463. The quantitative estimate of drug-likeness (QED) is 0.872. The number of carbonyl (C=O) groups excluding carboxylic acids is 1. The molecule has 0 saturated carbocycles. The van der Waals surface area contributed by atoms with E-state index in [0.29, 0.717) is 6.04 Å². The smallest absolute Gasteiger partial charge is 0.321 e. The zero-order chi connectivity index (χ0) is 15.2. The fourth-order valence-corrected chi connectivity index (χ4v) is 2.81. The second-order valence-corrected chi connectivity index (χ2v) is 5.84. The van der Waals surface area contributed by atoms with E-state index in [1.165, 1.54) is 12.8 Å². The maximum absolute atomic E-state index is 12.2. The number of rotatable bonds is 6. The van der Waals surface area contributed by atoms with Gasteiger partial charge in [0.25, 0.3) is 0 Å². The fraction of sp³-hybridized carbons (Fsp3) is 0.588. The number of aryl methyl sites for hydroxylation is 1. The minimum absolute atomic E-state index is 0.0218. The number of para-hydroxylation sites is 1. The van der Waals surface area contributed by atoms with Crippen molar-refractivity contribution in [1.29, 1.82) is 0 Å². The monoisotopic (exact) mass is 289 g/mol. The number of nitrogens with one attached hydrogen (secondary N) is 1. The zero-order valence-corrected chi connectivity index (χ0v) is 13.4. The Hall–Kier alpha value is -1.55. The van der Waals surface area contributed by atoms with Crippen LogP contribution in [0, 0.1) is 6.92 Å². The second-order valence-electron chi connectivity index (χ2n) is 5.84. The molecular formula is C17H27N3O. The third kappa shape index (κ3) is 3.97. The normalized spacial score (nSPS) is 15.1. The summed E-state index contributed by atoms with van der Waals surface area (Å²) in [5.74, 6) is 0. The van der Waals surface area contributed by atoms with Gasteiger partial charge in [0.15, 0.2) is 0 Å². The van der Waals surface area contributed by atoms with Gasteiger partial charge in [-0.1, -0.05) is 32.0 Å². The maximum atomic E-state index is 12.2. The zero-order valence-electron chi connectivity index (χ0n) is 13.4. The molecule has 1 N–H and O–H groups in total. The van der Waals surface area contributed by atoms with Crippen molar-refractivity contribution in [2.45, 2.75) is 39.7 Å². The first-order chi connectivity index (χ1) is 10.2. The average Bonchev–Trinajstić information content (AvgIpc) is 2.40. The van der Waals surface area contributed by atoms with Crippen molar-refractivity contribution in [3.8, 4) is 0 Å². The van der Waals surface area contributed by atoms with Crippen LogP contribution in [0.3, 0.4) is 0 Å². The van der Waals surface area contributed by atoms with Gasteiger partial charge in [-0.15, -0.1) is 0 Å². The van der Waals surface area contributed by atoms with Crippen molar-refractivity contribution in [2.24, 2.45) is 0 Å². The first kappa shape index (κ1) is 15.8. The van der Waals surface area contributed by atoms with Crippen LogP contribution in [0.25, 0.3) is 0 Å². The summed E-state index contributed by atoms with van der Waals surface area (Å²) < 4.78 is 0. The number of nitrogens with zero attached hydrogens (tertiary/aromatic N) is 2. The lowest BCUT2D eigenvalue weighted by Gasteiger charge is -2.45. The lowest BCUT2D eigenvalue weighted by Crippen LogP contribution is -2.62. The van der Waals surface area contributed by atoms with Crippen molar-refractivity contribution in [3.63, 3.8) is 0 Å². The molecule has 21 heavy (non-hydrogen) atoms. The molecule has 1 aliphatic heterocycles. The minimum atomic E-state index is 0.0218. The topological polar surface area (TPSA) is 35.6 Å². The van der Waals surface area contributed by atoms with E-state index in [-0.39, 0.29) is 6.03 Å². The third-order valence-corrected chi connectivity index (χ3v) is 4.07. The van der Waals surface area contributed by atoms with Crippen molar-refractivity contribution in [1.82, 2.24) is 9.80 Å². The molecule has 0 unspecified atom stereocenters. The molecule has 0 spiro atoms. The molecule has 1 aromatic rings. The number of carbonyl (C=O) groups is 1. The van der Waals surface area contributed by atoms with Crippen molar-refractivity contribution in [3.05, 3.63) is 29.8 Å². The number of amides is 2. The molecule has 116 valence electrons. The van der Waals surface area contributed by atoms with Gasteiger partial charge in [-0.05, 0) is 44.5 Å². The molecule has 0 aromatic heterocycles. The second kappa shape index (κ2) is 7.46. The highest BCUT2D eigenvalue weighted by Crippen LogP contribution is 2.19. The summed E-state index contributed by atoms with van der Waals surface area (Å²) >= 11 is 0. The van der Waals surface area contributed by atoms with Crippen LogP contribution in [0.4, 0.5) is 10.5 Å². The Morgan fingerprint density at radius 2 is 1.86 bits per heavy atom. The molecule has 1 heterocycles. The van der Waals surface area contributed by atoms with Crippen LogP contribution in [0.5, 0.6) is 0 Å². The molecule has 0 radical (unpaired) electrons. The highest BCUT2D eigenvalue weighted by molar-refractivity contribution is 5.90. The van der Waals surface area contributed by atoms with Gasteiger partial charge in [0, 0.05) is 24.8 Å². The van der Waals surface area contributed by atoms with E-state index < -0.39 is 0 Å². The molecule has 2 rings (SSSR count). The van der Waals surface area contributed by atoms with Gasteiger partial charge in [-0.25, -0.2) is 4.79 Å². The number of hydrogen-bond donors (Lipinski definition) is 1. The van der Waals surface area contributed by atoms with Gasteiger partial charge in [-0.3, -0.25) is 4.90 Å². The Labute approximate surface area is 128 Å². The first-order valence-electron chi connectivity index (χ1n) is 8.01. The molecule has 0 atom stereocenters. The fourth-order valence-electron chi connectivity index (χ4n) is 2.81. The van der Waals surface area contributed by atoms with E-state index in [2.05, 4.69) is 24.1 Å². The Morgan fingerprint density at radius 3 is 2.43 bits per heavy atom. The molecular weight excluding hydrogens is 262 g/mol. The van der Waals surface area contributed by atoms with Crippen molar-refractivity contribution >= 4 is 11.7 Å². The van der Waals surface area contributed by atoms with Gasteiger partial charge in [0.05, 0.1) is 0 Å². The maximum Gasteiger partial charge on any atom is 0.321 e. The summed E-state index contributed by atoms with van der Waals surface area (Å²) in [6.07, 6.45) is 2.35. The van der Waals surface area contributed by atoms with Crippen LogP contribution < -0.4 is 5.32 Å². The molecule has 2 amide bonds. The van der Waals surface area contributed by atoms with Crippen LogP contribution in [-0.4, -0.2) is 48.1 Å². The molecule has 0 aliphatic carbocycles. The third-order valence-electron chi connectivity index (χ3n) is 4.07.